The zero-order valence-electron chi connectivity index (χ0n) is 15.9. The molecule has 29 heavy (non-hydrogen) atoms. The molecule has 5 nitrogen and oxygen atoms in total. The summed E-state index contributed by atoms with van der Waals surface area (Å²) in [7, 11) is 0. The summed E-state index contributed by atoms with van der Waals surface area (Å²) in [5.41, 5.74) is 8.19. The average molecular weight is 396 g/mol. The van der Waals surface area contributed by atoms with E-state index in [4.69, 9.17) is 11.1 Å². The Balaban J connectivity index is 1.59. The monoisotopic (exact) mass is 396 g/mol. The number of nitrogens with two attached hydrogens (primary N) is 1. The third kappa shape index (κ3) is 3.77. The van der Waals surface area contributed by atoms with Gasteiger partial charge in [0, 0.05) is 29.6 Å². The Labute approximate surface area is 167 Å². The molecule has 1 unspecified atom stereocenters. The molecule has 1 atom stereocenters. The number of carbonyl (C=O) groups is 1. The van der Waals surface area contributed by atoms with Gasteiger partial charge in [-0.25, -0.2) is 8.78 Å². The number of allylic oxidation sites excluding steroid dienone is 1. The molecular formula is C22H22F2N4O. The van der Waals surface area contributed by atoms with Gasteiger partial charge in [-0.3, -0.25) is 9.78 Å². The molecule has 2 aromatic rings. The van der Waals surface area contributed by atoms with Gasteiger partial charge in [-0.2, -0.15) is 0 Å². The number of amides is 1. The lowest BCUT2D eigenvalue weighted by Crippen LogP contribution is -2.44. The van der Waals surface area contributed by atoms with Gasteiger partial charge >= 0.3 is 0 Å². The lowest BCUT2D eigenvalue weighted by Gasteiger charge is -2.35. The van der Waals surface area contributed by atoms with Gasteiger partial charge in [0.1, 0.15) is 0 Å². The molecule has 4 rings (SSSR count). The van der Waals surface area contributed by atoms with Crippen LogP contribution in [0.5, 0.6) is 0 Å². The first kappa shape index (κ1) is 19.2. The van der Waals surface area contributed by atoms with Crippen molar-refractivity contribution in [2.24, 2.45) is 5.73 Å². The Morgan fingerprint density at radius 1 is 1.10 bits per heavy atom. The van der Waals surface area contributed by atoms with Crippen LogP contribution in [0.25, 0.3) is 11.1 Å². The Hall–Kier alpha value is -3.09. The number of benzene rings is 1. The molecular weight excluding hydrogens is 374 g/mol. The van der Waals surface area contributed by atoms with Gasteiger partial charge in [0.25, 0.3) is 5.91 Å². The zero-order chi connectivity index (χ0) is 20.5. The number of nitrogens with zero attached hydrogens (tertiary/aromatic N) is 2. The fraction of sp³-hybridized carbons (Fsp3) is 0.318. The number of pyridine rings is 1. The van der Waals surface area contributed by atoms with Crippen molar-refractivity contribution in [1.29, 1.82) is 5.41 Å². The van der Waals surface area contributed by atoms with E-state index in [1.165, 1.54) is 6.21 Å². The highest BCUT2D eigenvalue weighted by atomic mass is 19.1. The highest BCUT2D eigenvalue weighted by molar-refractivity contribution is 5.95. The summed E-state index contributed by atoms with van der Waals surface area (Å²) in [6.45, 7) is 0. The van der Waals surface area contributed by atoms with Crippen LogP contribution in [0.15, 0.2) is 47.9 Å². The number of aromatic nitrogens is 1. The van der Waals surface area contributed by atoms with Gasteiger partial charge in [-0.1, -0.05) is 12.1 Å². The molecule has 1 aromatic carbocycles. The smallest absolute Gasteiger partial charge is 0.254 e. The van der Waals surface area contributed by atoms with Crippen molar-refractivity contribution in [3.63, 3.8) is 0 Å². The van der Waals surface area contributed by atoms with Gasteiger partial charge < -0.3 is 16.0 Å². The minimum absolute atomic E-state index is 0.00802. The SMILES string of the molecule is N=CC1=C(N)CCC(N(C(=O)c2ccc(-c3c(F)cncc3F)cc2)C2CC2)C1. The standard InChI is InChI=1S/C22H22F2N4O/c23-18-11-27-12-19(24)21(18)13-1-3-14(4-2-13)22(29)28(16-5-6-16)17-7-8-20(26)15(9-17)10-25/h1-4,10-12,16-17,25H,5-9,26H2. The number of hydrogen-bond acceptors (Lipinski definition) is 4. The average Bonchev–Trinajstić information content (AvgIpc) is 3.55. The van der Waals surface area contributed by atoms with Crippen molar-refractivity contribution < 1.29 is 13.6 Å². The molecule has 7 heteroatoms. The first-order chi connectivity index (χ1) is 14.0. The van der Waals surface area contributed by atoms with E-state index in [0.29, 0.717) is 24.0 Å². The lowest BCUT2D eigenvalue weighted by atomic mass is 9.91. The van der Waals surface area contributed by atoms with Crippen molar-refractivity contribution >= 4 is 12.1 Å². The van der Waals surface area contributed by atoms with Crippen molar-refractivity contribution in [3.8, 4) is 11.1 Å². The van der Waals surface area contributed by atoms with Gasteiger partial charge in [-0.15, -0.1) is 0 Å². The van der Waals surface area contributed by atoms with E-state index in [1.807, 2.05) is 4.90 Å². The molecule has 150 valence electrons. The number of rotatable bonds is 5. The second-order valence-electron chi connectivity index (χ2n) is 7.59. The van der Waals surface area contributed by atoms with Crippen LogP contribution in [0.2, 0.25) is 0 Å². The lowest BCUT2D eigenvalue weighted by molar-refractivity contribution is 0.0645. The van der Waals surface area contributed by atoms with Gasteiger partial charge in [0.15, 0.2) is 11.6 Å². The van der Waals surface area contributed by atoms with Crippen LogP contribution in [-0.2, 0) is 0 Å². The Bertz CT molecular complexity index is 963. The first-order valence-electron chi connectivity index (χ1n) is 9.69. The van der Waals surface area contributed by atoms with Crippen LogP contribution in [-0.4, -0.2) is 34.1 Å². The minimum Gasteiger partial charge on any atom is -0.402 e. The predicted molar refractivity (Wildman–Crippen MR) is 106 cm³/mol. The molecule has 0 spiro atoms. The molecule has 0 bridgehead atoms. The van der Waals surface area contributed by atoms with Crippen LogP contribution in [0.3, 0.4) is 0 Å². The normalized spacial score (nSPS) is 19.2. The Kier molecular flexibility index (Phi) is 5.13. The zero-order valence-corrected chi connectivity index (χ0v) is 15.9. The third-order valence-corrected chi connectivity index (χ3v) is 5.63. The number of hydrogen-bond donors (Lipinski definition) is 2. The summed E-state index contributed by atoms with van der Waals surface area (Å²) >= 11 is 0. The molecule has 0 aliphatic heterocycles. The summed E-state index contributed by atoms with van der Waals surface area (Å²) in [6, 6.07) is 6.54. The van der Waals surface area contributed by atoms with Crippen molar-refractivity contribution in [2.75, 3.05) is 0 Å². The van der Waals surface area contributed by atoms with E-state index in [9.17, 15) is 13.6 Å². The predicted octanol–water partition coefficient (Wildman–Crippen LogP) is 4.05. The molecule has 1 saturated carbocycles. The summed E-state index contributed by atoms with van der Waals surface area (Å²) in [6.07, 6.45) is 7.18. The highest BCUT2D eigenvalue weighted by Crippen LogP contribution is 2.36. The number of halogens is 2. The van der Waals surface area contributed by atoms with Crippen LogP contribution in [0.1, 0.15) is 42.5 Å². The maximum atomic E-state index is 14.0. The topological polar surface area (TPSA) is 83.1 Å². The summed E-state index contributed by atoms with van der Waals surface area (Å²) in [5, 5.41) is 7.56. The van der Waals surface area contributed by atoms with Gasteiger partial charge in [-0.05, 0) is 55.4 Å². The van der Waals surface area contributed by atoms with Crippen molar-refractivity contribution in [1.82, 2.24) is 9.88 Å². The number of carbonyl (C=O) groups excluding carboxylic acids is 1. The van der Waals surface area contributed by atoms with Gasteiger partial charge in [0.05, 0.1) is 18.0 Å². The second kappa shape index (κ2) is 7.73. The fourth-order valence-corrected chi connectivity index (χ4v) is 3.96. The molecule has 3 N–H and O–H groups in total. The molecule has 2 aliphatic rings. The van der Waals surface area contributed by atoms with Crippen LogP contribution < -0.4 is 5.73 Å². The summed E-state index contributed by atoms with van der Waals surface area (Å²) in [5.74, 6) is -1.58. The third-order valence-electron chi connectivity index (χ3n) is 5.63. The quantitative estimate of drug-likeness (QED) is 0.748. The molecule has 1 aromatic heterocycles. The summed E-state index contributed by atoms with van der Waals surface area (Å²) < 4.78 is 27.9. The van der Waals surface area contributed by atoms with E-state index in [2.05, 4.69) is 4.98 Å². The van der Waals surface area contributed by atoms with Crippen molar-refractivity contribution in [3.05, 3.63) is 65.1 Å². The molecule has 1 fully saturated rings. The number of nitrogens with one attached hydrogen (secondary N) is 1. The van der Waals surface area contributed by atoms with Crippen LogP contribution in [0, 0.1) is 17.0 Å². The fourth-order valence-electron chi connectivity index (χ4n) is 3.96. The van der Waals surface area contributed by atoms with Crippen molar-refractivity contribution in [2.45, 2.75) is 44.2 Å². The van der Waals surface area contributed by atoms with E-state index >= 15 is 0 Å². The largest absolute Gasteiger partial charge is 0.402 e. The Morgan fingerprint density at radius 2 is 1.76 bits per heavy atom. The molecule has 0 radical (unpaired) electrons. The van der Waals surface area contributed by atoms with E-state index < -0.39 is 11.6 Å². The first-order valence-corrected chi connectivity index (χ1v) is 9.69. The van der Waals surface area contributed by atoms with E-state index in [0.717, 1.165) is 42.9 Å². The van der Waals surface area contributed by atoms with E-state index in [-0.39, 0.29) is 23.6 Å². The maximum Gasteiger partial charge on any atom is 0.254 e. The maximum absolute atomic E-state index is 14.0. The summed E-state index contributed by atoms with van der Waals surface area (Å²) in [4.78, 5) is 18.7. The van der Waals surface area contributed by atoms with Crippen LogP contribution >= 0.6 is 0 Å². The Morgan fingerprint density at radius 3 is 2.34 bits per heavy atom. The minimum atomic E-state index is -0.741. The molecule has 1 heterocycles. The highest BCUT2D eigenvalue weighted by Gasteiger charge is 2.39. The molecule has 1 amide bonds. The van der Waals surface area contributed by atoms with Gasteiger partial charge in [0.2, 0.25) is 0 Å². The molecule has 0 saturated heterocycles. The molecule has 2 aliphatic carbocycles. The van der Waals surface area contributed by atoms with Crippen LogP contribution in [0.4, 0.5) is 8.78 Å². The second-order valence-corrected chi connectivity index (χ2v) is 7.59. The van der Waals surface area contributed by atoms with E-state index in [1.54, 1.807) is 24.3 Å².